The van der Waals surface area contributed by atoms with Gasteiger partial charge in [0.15, 0.2) is 0 Å². The van der Waals surface area contributed by atoms with E-state index in [2.05, 4.69) is 178 Å². The van der Waals surface area contributed by atoms with E-state index in [0.29, 0.717) is 5.41 Å². The number of aryl methyl sites for hydroxylation is 1. The zero-order valence-electron chi connectivity index (χ0n) is 35.9. The molecule has 0 aromatic heterocycles. The monoisotopic (exact) mass is 717 g/mol. The molecule has 0 amide bonds. The van der Waals surface area contributed by atoms with Crippen molar-refractivity contribution in [2.75, 3.05) is 5.01 Å². The molecule has 2 heteroatoms. The number of rotatable bonds is 19. The molecule has 0 radical (unpaired) electrons. The molecule has 4 rings (SSSR count). The predicted octanol–water partition coefficient (Wildman–Crippen LogP) is 15.2. The van der Waals surface area contributed by atoms with Gasteiger partial charge in [0.25, 0.3) is 0 Å². The minimum atomic E-state index is 0.0998. The quantitative estimate of drug-likeness (QED) is 0.124. The molecule has 3 aromatic rings. The van der Waals surface area contributed by atoms with E-state index < -0.39 is 0 Å². The van der Waals surface area contributed by atoms with E-state index in [9.17, 15) is 0 Å². The molecule has 1 unspecified atom stereocenters. The molecule has 1 aliphatic rings. The van der Waals surface area contributed by atoms with Crippen molar-refractivity contribution >= 4 is 11.8 Å². The lowest BCUT2D eigenvalue weighted by Crippen LogP contribution is -2.34. The summed E-state index contributed by atoms with van der Waals surface area (Å²) in [6.07, 6.45) is 24.1. The fourth-order valence-corrected chi connectivity index (χ4v) is 8.91. The Kier molecular flexibility index (Phi) is 15.1. The second kappa shape index (κ2) is 18.9. The van der Waals surface area contributed by atoms with Crippen molar-refractivity contribution in [3.8, 4) is 0 Å². The lowest BCUT2D eigenvalue weighted by molar-refractivity contribution is 0.283. The van der Waals surface area contributed by atoms with Gasteiger partial charge in [0.05, 0.1) is 17.4 Å². The van der Waals surface area contributed by atoms with Crippen LogP contribution in [0.3, 0.4) is 0 Å². The second-order valence-corrected chi connectivity index (χ2v) is 20.0. The molecule has 1 N–H and O–H groups in total. The average molecular weight is 717 g/mol. The molecule has 1 heterocycles. The SMILES string of the molecule is CCCCCCCCCCCCc1ccc(N2NC(C=Cc3ccc(C(C)(C)CC(C)(C)C)cc3)=CC2c2ccc(C(C)(C)CC(C)(C)C)cc2)cc1. The summed E-state index contributed by atoms with van der Waals surface area (Å²) in [5.74, 6) is 0. The summed E-state index contributed by atoms with van der Waals surface area (Å²) in [5.41, 5.74) is 13.7. The van der Waals surface area contributed by atoms with Crippen molar-refractivity contribution in [1.82, 2.24) is 5.43 Å². The number of nitrogens with one attached hydrogen (secondary N) is 1. The molecule has 3 aromatic carbocycles. The van der Waals surface area contributed by atoms with Gasteiger partial charge in [-0.2, -0.15) is 0 Å². The molecular weight excluding hydrogens is 641 g/mol. The van der Waals surface area contributed by atoms with Gasteiger partial charge in [-0.1, -0.05) is 201 Å². The molecule has 53 heavy (non-hydrogen) atoms. The van der Waals surface area contributed by atoms with Crippen LogP contribution in [0.4, 0.5) is 5.69 Å². The molecule has 0 saturated heterocycles. The van der Waals surface area contributed by atoms with Gasteiger partial charge < -0.3 is 0 Å². The molecular formula is C51H76N2. The minimum absolute atomic E-state index is 0.0998. The van der Waals surface area contributed by atoms with Crippen molar-refractivity contribution in [1.29, 1.82) is 0 Å². The van der Waals surface area contributed by atoms with Gasteiger partial charge >= 0.3 is 0 Å². The molecule has 0 saturated carbocycles. The van der Waals surface area contributed by atoms with Gasteiger partial charge in [-0.15, -0.1) is 0 Å². The van der Waals surface area contributed by atoms with Crippen molar-refractivity contribution in [3.05, 3.63) is 118 Å². The predicted molar refractivity (Wildman–Crippen MR) is 235 cm³/mol. The van der Waals surface area contributed by atoms with E-state index in [1.807, 2.05) is 0 Å². The lowest BCUT2D eigenvalue weighted by Gasteiger charge is -2.33. The molecule has 0 bridgehead atoms. The van der Waals surface area contributed by atoms with E-state index in [1.54, 1.807) is 0 Å². The largest absolute Gasteiger partial charge is 0.298 e. The number of anilines is 1. The number of allylic oxidation sites excluding steroid dienone is 1. The Labute approximate surface area is 326 Å². The summed E-state index contributed by atoms with van der Waals surface area (Å²) >= 11 is 0. The average Bonchev–Trinajstić information content (AvgIpc) is 3.51. The smallest absolute Gasteiger partial charge is 0.0958 e. The minimum Gasteiger partial charge on any atom is -0.298 e. The first kappa shape index (κ1) is 42.5. The summed E-state index contributed by atoms with van der Waals surface area (Å²) in [7, 11) is 0. The van der Waals surface area contributed by atoms with Gasteiger partial charge in [0, 0.05) is 0 Å². The fourth-order valence-electron chi connectivity index (χ4n) is 8.91. The Morgan fingerprint density at radius 3 is 1.51 bits per heavy atom. The number of benzene rings is 3. The van der Waals surface area contributed by atoms with Crippen LogP contribution in [0.15, 0.2) is 90.6 Å². The third kappa shape index (κ3) is 13.8. The highest BCUT2D eigenvalue weighted by molar-refractivity contribution is 5.59. The van der Waals surface area contributed by atoms with Crippen LogP contribution in [0.2, 0.25) is 0 Å². The maximum Gasteiger partial charge on any atom is 0.0958 e. The molecule has 0 aliphatic carbocycles. The zero-order chi connectivity index (χ0) is 38.7. The molecule has 1 atom stereocenters. The van der Waals surface area contributed by atoms with E-state index in [0.717, 1.165) is 25.0 Å². The first-order chi connectivity index (χ1) is 25.0. The summed E-state index contributed by atoms with van der Waals surface area (Å²) in [6, 6.07) is 28.0. The van der Waals surface area contributed by atoms with Crippen molar-refractivity contribution in [2.24, 2.45) is 10.8 Å². The van der Waals surface area contributed by atoms with E-state index in [4.69, 9.17) is 0 Å². The van der Waals surface area contributed by atoms with Crippen molar-refractivity contribution in [3.63, 3.8) is 0 Å². The Bertz CT molecular complexity index is 1570. The number of unbranched alkanes of at least 4 members (excludes halogenated alkanes) is 9. The Morgan fingerprint density at radius 1 is 0.547 bits per heavy atom. The van der Waals surface area contributed by atoms with Gasteiger partial charge in [0.1, 0.15) is 0 Å². The van der Waals surface area contributed by atoms with Gasteiger partial charge in [-0.25, -0.2) is 0 Å². The number of hydrogen-bond donors (Lipinski definition) is 1. The highest BCUT2D eigenvalue weighted by Gasteiger charge is 2.30. The number of hydrogen-bond acceptors (Lipinski definition) is 2. The first-order valence-electron chi connectivity index (χ1n) is 21.2. The molecule has 0 fully saturated rings. The van der Waals surface area contributed by atoms with Gasteiger partial charge in [-0.05, 0) is 99.4 Å². The second-order valence-electron chi connectivity index (χ2n) is 20.0. The molecule has 2 nitrogen and oxygen atoms in total. The van der Waals surface area contributed by atoms with E-state index in [-0.39, 0.29) is 22.3 Å². The Morgan fingerprint density at radius 2 is 1.02 bits per heavy atom. The van der Waals surface area contributed by atoms with E-state index >= 15 is 0 Å². The Balaban J connectivity index is 1.46. The standard InChI is InChI=1S/C51H76N2/c1-12-13-14-15-16-17-18-19-20-21-22-40-26-35-46(36-27-40)53-47(42-28-32-44(33-29-42)51(10,11)39-49(5,6)7)37-45(52-53)34-25-41-23-30-43(31-24-41)50(8,9)38-48(2,3)4/h23-37,47,52H,12-22,38-39H2,1-11H3. The van der Waals surface area contributed by atoms with Crippen molar-refractivity contribution in [2.45, 2.75) is 177 Å². The van der Waals surface area contributed by atoms with Crippen LogP contribution < -0.4 is 10.4 Å². The highest BCUT2D eigenvalue weighted by atomic mass is 15.5. The van der Waals surface area contributed by atoms with Gasteiger partial charge in [-0.3, -0.25) is 10.4 Å². The van der Waals surface area contributed by atoms with E-state index in [1.165, 1.54) is 97.7 Å². The highest BCUT2D eigenvalue weighted by Crippen LogP contribution is 2.39. The third-order valence-electron chi connectivity index (χ3n) is 11.0. The molecule has 1 aliphatic heterocycles. The third-order valence-corrected chi connectivity index (χ3v) is 11.0. The first-order valence-corrected chi connectivity index (χ1v) is 21.2. The van der Waals surface area contributed by atoms with Crippen molar-refractivity contribution < 1.29 is 0 Å². The van der Waals surface area contributed by atoms with Crippen LogP contribution in [0.5, 0.6) is 0 Å². The number of hydrazine groups is 1. The fraction of sp³-hybridized carbons (Fsp3) is 0.569. The van der Waals surface area contributed by atoms with Crippen LogP contribution in [-0.4, -0.2) is 0 Å². The summed E-state index contributed by atoms with van der Waals surface area (Å²) in [6.45, 7) is 25.8. The maximum absolute atomic E-state index is 3.78. The lowest BCUT2D eigenvalue weighted by atomic mass is 9.72. The summed E-state index contributed by atoms with van der Waals surface area (Å²) in [5, 5.41) is 2.34. The van der Waals surface area contributed by atoms with Crippen LogP contribution >= 0.6 is 0 Å². The summed E-state index contributed by atoms with van der Waals surface area (Å²) < 4.78 is 0. The number of nitrogens with zero attached hydrogens (tertiary/aromatic N) is 1. The van der Waals surface area contributed by atoms with Crippen LogP contribution in [0.1, 0.15) is 187 Å². The molecule has 0 spiro atoms. The maximum atomic E-state index is 3.78. The summed E-state index contributed by atoms with van der Waals surface area (Å²) in [4.78, 5) is 0. The zero-order valence-corrected chi connectivity index (χ0v) is 35.9. The van der Waals surface area contributed by atoms with Crippen LogP contribution in [0.25, 0.3) is 6.08 Å². The topological polar surface area (TPSA) is 15.3 Å². The molecule has 290 valence electrons. The Hall–Kier alpha value is -3.26. The van der Waals surface area contributed by atoms with Crippen LogP contribution in [0, 0.1) is 10.8 Å². The normalized spacial score (nSPS) is 15.6. The van der Waals surface area contributed by atoms with Gasteiger partial charge in [0.2, 0.25) is 0 Å². The van der Waals surface area contributed by atoms with Crippen LogP contribution in [-0.2, 0) is 17.3 Å².